The lowest BCUT2D eigenvalue weighted by Gasteiger charge is -2.23. The molecule has 5 rings (SSSR count). The molecule has 162 valence electrons. The van der Waals surface area contributed by atoms with Crippen LogP contribution in [-0.4, -0.2) is 32.5 Å². The van der Waals surface area contributed by atoms with Crippen LogP contribution >= 0.6 is 0 Å². The second-order valence-electron chi connectivity index (χ2n) is 7.91. The molecule has 2 aromatic carbocycles. The van der Waals surface area contributed by atoms with Gasteiger partial charge in [-0.05, 0) is 35.7 Å². The number of hydrogen-bond acceptors (Lipinski definition) is 5. The van der Waals surface area contributed by atoms with E-state index in [2.05, 4.69) is 22.0 Å². The molecular weight excluding hydrogens is 412 g/mol. The van der Waals surface area contributed by atoms with E-state index < -0.39 is 5.91 Å². The van der Waals surface area contributed by atoms with Crippen LogP contribution in [0.15, 0.2) is 84.1 Å². The molecule has 0 atom stereocenters. The molecule has 0 spiro atoms. The molecule has 1 aliphatic rings. The van der Waals surface area contributed by atoms with Crippen molar-refractivity contribution >= 4 is 28.6 Å². The number of carbonyl (C=O) groups is 2. The summed E-state index contributed by atoms with van der Waals surface area (Å²) in [5.41, 5.74) is 4.98. The maximum Gasteiger partial charge on any atom is 0.283 e. The second-order valence-corrected chi connectivity index (χ2v) is 7.91. The van der Waals surface area contributed by atoms with Gasteiger partial charge in [0.2, 0.25) is 0 Å². The van der Waals surface area contributed by atoms with Gasteiger partial charge in [0.25, 0.3) is 11.8 Å². The summed E-state index contributed by atoms with van der Waals surface area (Å²) in [6.07, 6.45) is 3.34. The normalized spacial score (nSPS) is 13.8. The molecule has 2 aromatic heterocycles. The van der Waals surface area contributed by atoms with Gasteiger partial charge >= 0.3 is 0 Å². The highest BCUT2D eigenvalue weighted by Crippen LogP contribution is 2.27. The van der Waals surface area contributed by atoms with E-state index in [0.29, 0.717) is 23.3 Å². The van der Waals surface area contributed by atoms with Crippen molar-refractivity contribution in [2.75, 3.05) is 0 Å². The molecular formula is C27H22N4O2. The van der Waals surface area contributed by atoms with E-state index >= 15 is 0 Å². The Morgan fingerprint density at radius 3 is 2.48 bits per heavy atom. The summed E-state index contributed by atoms with van der Waals surface area (Å²) < 4.78 is 0. The van der Waals surface area contributed by atoms with E-state index in [4.69, 9.17) is 0 Å². The molecule has 0 aliphatic carbocycles. The lowest BCUT2D eigenvalue weighted by Crippen LogP contribution is -2.37. The van der Waals surface area contributed by atoms with Gasteiger partial charge in [-0.2, -0.15) is 10.1 Å². The first-order valence-corrected chi connectivity index (χ1v) is 11.0. The number of fused-ring (bicyclic) bond motifs is 1. The van der Waals surface area contributed by atoms with Gasteiger partial charge in [-0.25, -0.2) is 9.97 Å². The summed E-state index contributed by atoms with van der Waals surface area (Å²) in [5, 5.41) is 6.21. The van der Waals surface area contributed by atoms with Crippen LogP contribution in [0.1, 0.15) is 41.3 Å². The number of hydrazone groups is 1. The van der Waals surface area contributed by atoms with Crippen molar-refractivity contribution in [1.82, 2.24) is 15.0 Å². The zero-order valence-electron chi connectivity index (χ0n) is 18.2. The van der Waals surface area contributed by atoms with Gasteiger partial charge in [0.1, 0.15) is 0 Å². The summed E-state index contributed by atoms with van der Waals surface area (Å²) in [7, 11) is 0. The first kappa shape index (κ1) is 20.7. The van der Waals surface area contributed by atoms with Gasteiger partial charge < -0.3 is 0 Å². The third-order valence-corrected chi connectivity index (χ3v) is 5.79. The zero-order valence-corrected chi connectivity index (χ0v) is 18.2. The summed E-state index contributed by atoms with van der Waals surface area (Å²) >= 11 is 0. The quantitative estimate of drug-likeness (QED) is 0.422. The van der Waals surface area contributed by atoms with Crippen molar-refractivity contribution < 1.29 is 9.59 Å². The van der Waals surface area contributed by atoms with Crippen molar-refractivity contribution in [2.24, 2.45) is 5.10 Å². The molecule has 4 aromatic rings. The van der Waals surface area contributed by atoms with E-state index in [1.54, 1.807) is 18.3 Å². The van der Waals surface area contributed by atoms with Crippen molar-refractivity contribution in [2.45, 2.75) is 26.2 Å². The van der Waals surface area contributed by atoms with Gasteiger partial charge in [-0.3, -0.25) is 9.59 Å². The minimum absolute atomic E-state index is 0.226. The molecule has 0 unspecified atom stereocenters. The van der Waals surface area contributed by atoms with E-state index in [1.165, 1.54) is 5.56 Å². The molecule has 6 nitrogen and oxygen atoms in total. The smallest absolute Gasteiger partial charge is 0.272 e. The first-order valence-electron chi connectivity index (χ1n) is 11.0. The van der Waals surface area contributed by atoms with Crippen molar-refractivity contribution in [1.29, 1.82) is 0 Å². The van der Waals surface area contributed by atoms with Crippen molar-refractivity contribution in [3.8, 4) is 11.3 Å². The molecule has 0 radical (unpaired) electrons. The number of aryl methyl sites for hydroxylation is 1. The average molecular weight is 434 g/mol. The third kappa shape index (κ3) is 4.03. The van der Waals surface area contributed by atoms with Crippen molar-refractivity contribution in [3.05, 3.63) is 95.7 Å². The predicted octanol–water partition coefficient (Wildman–Crippen LogP) is 5.03. The number of rotatable bonds is 4. The molecule has 6 heteroatoms. The van der Waals surface area contributed by atoms with Gasteiger partial charge in [0.05, 0.1) is 17.0 Å². The largest absolute Gasteiger partial charge is 0.283 e. The zero-order chi connectivity index (χ0) is 22.8. The van der Waals surface area contributed by atoms with Gasteiger partial charge in [-0.1, -0.05) is 61.5 Å². The van der Waals surface area contributed by atoms with Crippen molar-refractivity contribution in [3.63, 3.8) is 0 Å². The monoisotopic (exact) mass is 434 g/mol. The number of carbonyl (C=O) groups excluding carboxylic acids is 2. The van der Waals surface area contributed by atoms with Gasteiger partial charge in [0, 0.05) is 30.0 Å². The highest BCUT2D eigenvalue weighted by atomic mass is 16.2. The minimum Gasteiger partial charge on any atom is -0.272 e. The summed E-state index contributed by atoms with van der Waals surface area (Å²) in [6, 6.07) is 22.9. The number of imide groups is 1. The summed E-state index contributed by atoms with van der Waals surface area (Å²) in [4.78, 5) is 35.4. The average Bonchev–Trinajstić information content (AvgIpc) is 2.88. The molecule has 0 fully saturated rings. The van der Waals surface area contributed by atoms with E-state index in [1.807, 2.05) is 60.7 Å². The summed E-state index contributed by atoms with van der Waals surface area (Å²) in [5.74, 6) is -0.807. The van der Waals surface area contributed by atoms with Crippen LogP contribution in [0.3, 0.4) is 0 Å². The fraction of sp³-hybridized carbons (Fsp3) is 0.148. The van der Waals surface area contributed by atoms with Crippen LogP contribution in [-0.2, 0) is 11.2 Å². The van der Waals surface area contributed by atoms with Crippen LogP contribution in [0.25, 0.3) is 22.3 Å². The lowest BCUT2D eigenvalue weighted by atomic mass is 10.0. The Morgan fingerprint density at radius 1 is 0.939 bits per heavy atom. The number of pyridine rings is 2. The topological polar surface area (TPSA) is 75.5 Å². The number of nitrogens with zero attached hydrogens (tertiary/aromatic N) is 4. The van der Waals surface area contributed by atoms with Gasteiger partial charge in [-0.15, -0.1) is 0 Å². The van der Waals surface area contributed by atoms with Crippen LogP contribution in [0, 0.1) is 0 Å². The molecule has 0 saturated carbocycles. The van der Waals surface area contributed by atoms with Gasteiger partial charge in [0.15, 0.2) is 5.65 Å². The highest BCUT2D eigenvalue weighted by molar-refractivity contribution is 6.13. The third-order valence-electron chi connectivity index (χ3n) is 5.79. The Kier molecular flexibility index (Phi) is 5.48. The lowest BCUT2D eigenvalue weighted by molar-refractivity contribution is -0.129. The molecule has 0 N–H and O–H groups in total. The van der Waals surface area contributed by atoms with Crippen LogP contribution < -0.4 is 0 Å². The van der Waals surface area contributed by atoms with Crippen LogP contribution in [0.4, 0.5) is 0 Å². The number of amides is 2. The molecule has 0 saturated heterocycles. The minimum atomic E-state index is -0.487. The Balaban J connectivity index is 1.60. The maximum absolute atomic E-state index is 13.7. The first-order chi connectivity index (χ1) is 16.1. The number of aromatic nitrogens is 2. The Morgan fingerprint density at radius 2 is 1.73 bits per heavy atom. The van der Waals surface area contributed by atoms with Crippen LogP contribution in [0.5, 0.6) is 0 Å². The van der Waals surface area contributed by atoms with E-state index in [-0.39, 0.29) is 12.3 Å². The Labute approximate surface area is 191 Å². The fourth-order valence-electron chi connectivity index (χ4n) is 3.95. The predicted molar refractivity (Wildman–Crippen MR) is 128 cm³/mol. The number of hydrogen-bond donors (Lipinski definition) is 0. The van der Waals surface area contributed by atoms with E-state index in [0.717, 1.165) is 33.7 Å². The highest BCUT2D eigenvalue weighted by Gasteiger charge is 2.30. The molecule has 2 amide bonds. The fourth-order valence-corrected chi connectivity index (χ4v) is 3.95. The van der Waals surface area contributed by atoms with E-state index in [9.17, 15) is 9.59 Å². The standard InChI is InChI=1S/C27H22N4O2/c1-2-18-10-12-19(13-11-18)23-14-15-24(32)31(30-23)27(33)22-17-21-9-6-16-28-26(21)29-25(22)20-7-4-3-5-8-20/h3-13,16-17H,2,14-15H2,1H3. The SMILES string of the molecule is CCc1ccc(C2=NN(C(=O)c3cc4cccnc4nc3-c3ccccc3)C(=O)CC2)cc1. The molecule has 0 bridgehead atoms. The maximum atomic E-state index is 13.7. The Hall–Kier alpha value is -4.19. The Bertz CT molecular complexity index is 1380. The number of benzene rings is 2. The molecule has 1 aliphatic heterocycles. The second kappa shape index (κ2) is 8.74. The van der Waals surface area contributed by atoms with Crippen LogP contribution in [0.2, 0.25) is 0 Å². The molecule has 33 heavy (non-hydrogen) atoms. The molecule has 3 heterocycles. The summed E-state index contributed by atoms with van der Waals surface area (Å²) in [6.45, 7) is 2.10.